The molecule has 2 amide bonds. The molecule has 9 heteroatoms. The maximum absolute atomic E-state index is 13.2. The Bertz CT molecular complexity index is 1370. The van der Waals surface area contributed by atoms with E-state index < -0.39 is 11.8 Å². The summed E-state index contributed by atoms with van der Waals surface area (Å²) in [6.07, 6.45) is 3.78. The summed E-state index contributed by atoms with van der Waals surface area (Å²) in [4.78, 5) is 26.4. The number of hydrogen-bond donors (Lipinski definition) is 3. The van der Waals surface area contributed by atoms with Crippen molar-refractivity contribution in [2.24, 2.45) is 0 Å². The second kappa shape index (κ2) is 11.1. The number of aliphatic hydroxyl groups is 2. The summed E-state index contributed by atoms with van der Waals surface area (Å²) in [6, 6.07) is 15.5. The predicted molar refractivity (Wildman–Crippen MR) is 140 cm³/mol. The molecule has 0 unspecified atom stereocenters. The van der Waals surface area contributed by atoms with Crippen molar-refractivity contribution in [1.29, 1.82) is 0 Å². The lowest BCUT2D eigenvalue weighted by Crippen LogP contribution is -2.22. The van der Waals surface area contributed by atoms with Gasteiger partial charge in [-0.25, -0.2) is 0 Å². The number of para-hydroxylation sites is 2. The van der Waals surface area contributed by atoms with E-state index in [1.165, 1.54) is 0 Å². The number of fused-ring (bicyclic) bond motifs is 2. The summed E-state index contributed by atoms with van der Waals surface area (Å²) in [5.74, 6) is -0.856. The fourth-order valence-electron chi connectivity index (χ4n) is 4.89. The average Bonchev–Trinajstić information content (AvgIpc) is 3.55. The van der Waals surface area contributed by atoms with Gasteiger partial charge < -0.3 is 28.8 Å². The van der Waals surface area contributed by atoms with Crippen molar-refractivity contribution >= 4 is 44.8 Å². The smallest absolute Gasteiger partial charge is 0.259 e. The van der Waals surface area contributed by atoms with E-state index in [9.17, 15) is 9.59 Å². The highest BCUT2D eigenvalue weighted by atomic mass is 16.5. The number of aromatic nitrogens is 2. The molecule has 0 bridgehead atoms. The van der Waals surface area contributed by atoms with Gasteiger partial charge in [0.1, 0.15) is 0 Å². The molecule has 9 nitrogen and oxygen atoms in total. The third kappa shape index (κ3) is 4.82. The summed E-state index contributed by atoms with van der Waals surface area (Å²) in [5.41, 5.74) is 3.89. The van der Waals surface area contributed by atoms with Gasteiger partial charge in [-0.1, -0.05) is 36.4 Å². The lowest BCUT2D eigenvalue weighted by Gasteiger charge is -2.05. The predicted octanol–water partition coefficient (Wildman–Crippen LogP) is 2.18. The Kier molecular flexibility index (Phi) is 7.47. The van der Waals surface area contributed by atoms with Crippen molar-refractivity contribution in [1.82, 2.24) is 14.5 Å². The molecule has 4 aromatic rings. The van der Waals surface area contributed by atoms with Gasteiger partial charge in [0.05, 0.1) is 50.8 Å². The van der Waals surface area contributed by atoms with Crippen molar-refractivity contribution < 1.29 is 29.3 Å². The van der Waals surface area contributed by atoms with Crippen molar-refractivity contribution in [3.8, 4) is 0 Å². The van der Waals surface area contributed by atoms with E-state index in [1.807, 2.05) is 70.1 Å². The molecule has 0 aliphatic carbocycles. The molecule has 0 fully saturated rings. The Morgan fingerprint density at radius 1 is 0.649 bits per heavy atom. The summed E-state index contributed by atoms with van der Waals surface area (Å²) in [5, 5.41) is 22.2. The molecule has 1 aliphatic heterocycles. The summed E-state index contributed by atoms with van der Waals surface area (Å²) in [7, 11) is 0. The Morgan fingerprint density at radius 2 is 1.08 bits per heavy atom. The fraction of sp³-hybridized carbons (Fsp3) is 0.286. The number of rotatable bonds is 12. The number of nitrogens with one attached hydrogen (secondary N) is 1. The van der Waals surface area contributed by atoms with Gasteiger partial charge in [0, 0.05) is 58.4 Å². The Morgan fingerprint density at radius 3 is 1.51 bits per heavy atom. The van der Waals surface area contributed by atoms with Crippen LogP contribution in [0.3, 0.4) is 0 Å². The van der Waals surface area contributed by atoms with Crippen molar-refractivity contribution in [2.45, 2.75) is 13.1 Å². The molecule has 0 atom stereocenters. The van der Waals surface area contributed by atoms with Crippen LogP contribution in [0.5, 0.6) is 0 Å². The van der Waals surface area contributed by atoms with Crippen molar-refractivity contribution in [3.05, 3.63) is 72.1 Å². The molecule has 2 aromatic heterocycles. The van der Waals surface area contributed by atoms with Gasteiger partial charge in [-0.3, -0.25) is 14.9 Å². The quantitative estimate of drug-likeness (QED) is 0.202. The van der Waals surface area contributed by atoms with Gasteiger partial charge in [-0.15, -0.1) is 0 Å². The van der Waals surface area contributed by atoms with Gasteiger partial charge in [-0.05, 0) is 12.1 Å². The molecule has 3 N–H and O–H groups in total. The van der Waals surface area contributed by atoms with Crippen LogP contribution in [0.4, 0.5) is 0 Å². The molecule has 0 spiro atoms. The van der Waals surface area contributed by atoms with E-state index in [0.29, 0.717) is 48.6 Å². The number of aliphatic hydroxyl groups excluding tert-OH is 2. The van der Waals surface area contributed by atoms with Crippen LogP contribution in [0.15, 0.2) is 60.9 Å². The SMILES string of the molecule is O=C1NC(=O)C(c2cn(CCOCCO)c3ccccc23)=C1c1cn(CCOCCO)c2ccccc12. The minimum atomic E-state index is -0.428. The van der Waals surface area contributed by atoms with E-state index >= 15 is 0 Å². The Balaban J connectivity index is 1.62. The first-order valence-electron chi connectivity index (χ1n) is 12.3. The first kappa shape index (κ1) is 24.9. The van der Waals surface area contributed by atoms with Gasteiger partial charge in [0.2, 0.25) is 0 Å². The number of carbonyl (C=O) groups is 2. The number of nitrogens with zero attached hydrogens (tertiary/aromatic N) is 2. The first-order chi connectivity index (χ1) is 18.1. The highest BCUT2D eigenvalue weighted by molar-refractivity contribution is 6.50. The standard InChI is InChI=1S/C28H29N3O6/c32-11-15-36-13-9-30-17-21(19-5-1-3-7-23(19)30)25-26(28(35)29-27(25)34)22-18-31(10-14-37-16-12-33)24-8-4-2-6-20(22)24/h1-8,17-18,32-33H,9-16H2,(H,29,34,35). The molecule has 0 radical (unpaired) electrons. The Labute approximate surface area is 213 Å². The zero-order valence-electron chi connectivity index (χ0n) is 20.4. The van der Waals surface area contributed by atoms with E-state index in [4.69, 9.17) is 19.7 Å². The van der Waals surface area contributed by atoms with Gasteiger partial charge >= 0.3 is 0 Å². The lowest BCUT2D eigenvalue weighted by atomic mass is 9.95. The molecule has 0 saturated heterocycles. The molecule has 1 aliphatic rings. The van der Waals surface area contributed by atoms with Crippen LogP contribution in [-0.4, -0.2) is 70.8 Å². The van der Waals surface area contributed by atoms with Gasteiger partial charge in [0.25, 0.3) is 11.8 Å². The Hall–Kier alpha value is -3.76. The van der Waals surface area contributed by atoms with E-state index in [-0.39, 0.29) is 26.4 Å². The second-order valence-corrected chi connectivity index (χ2v) is 8.71. The summed E-state index contributed by atoms with van der Waals surface area (Å²) < 4.78 is 14.9. The van der Waals surface area contributed by atoms with E-state index in [1.54, 1.807) is 0 Å². The van der Waals surface area contributed by atoms with Crippen LogP contribution in [0.2, 0.25) is 0 Å². The van der Waals surface area contributed by atoms with Gasteiger partial charge in [0.15, 0.2) is 0 Å². The summed E-state index contributed by atoms with van der Waals surface area (Å²) in [6.45, 7) is 2.30. The zero-order valence-corrected chi connectivity index (χ0v) is 20.4. The molecule has 5 rings (SSSR count). The number of carbonyl (C=O) groups excluding carboxylic acids is 2. The molecular formula is C28H29N3O6. The molecule has 37 heavy (non-hydrogen) atoms. The highest BCUT2D eigenvalue weighted by Gasteiger charge is 2.35. The topological polar surface area (TPSA) is 115 Å². The van der Waals surface area contributed by atoms with Crippen LogP contribution in [0, 0.1) is 0 Å². The normalized spacial score (nSPS) is 13.9. The number of ether oxygens (including phenoxy) is 2. The van der Waals surface area contributed by atoms with Crippen molar-refractivity contribution in [3.63, 3.8) is 0 Å². The number of benzene rings is 2. The third-order valence-corrected chi connectivity index (χ3v) is 6.47. The maximum Gasteiger partial charge on any atom is 0.259 e. The van der Waals surface area contributed by atoms with Gasteiger partial charge in [-0.2, -0.15) is 0 Å². The number of amides is 2. The van der Waals surface area contributed by atoms with E-state index in [2.05, 4.69) is 5.32 Å². The zero-order chi connectivity index (χ0) is 25.8. The minimum Gasteiger partial charge on any atom is -0.394 e. The monoisotopic (exact) mass is 503 g/mol. The lowest BCUT2D eigenvalue weighted by molar-refractivity contribution is -0.122. The van der Waals surface area contributed by atoms with Crippen molar-refractivity contribution in [2.75, 3.05) is 39.6 Å². The van der Waals surface area contributed by atoms with Crippen LogP contribution < -0.4 is 5.32 Å². The fourth-order valence-corrected chi connectivity index (χ4v) is 4.89. The van der Waals surface area contributed by atoms with E-state index in [0.717, 1.165) is 21.8 Å². The van der Waals surface area contributed by atoms with Crippen LogP contribution in [0.25, 0.3) is 33.0 Å². The van der Waals surface area contributed by atoms with Crippen LogP contribution in [0.1, 0.15) is 11.1 Å². The highest BCUT2D eigenvalue weighted by Crippen LogP contribution is 2.38. The summed E-state index contributed by atoms with van der Waals surface area (Å²) >= 11 is 0. The average molecular weight is 504 g/mol. The number of imide groups is 1. The molecule has 3 heterocycles. The number of hydrogen-bond acceptors (Lipinski definition) is 6. The second-order valence-electron chi connectivity index (χ2n) is 8.71. The molecule has 192 valence electrons. The maximum atomic E-state index is 13.2. The molecule has 2 aromatic carbocycles. The largest absolute Gasteiger partial charge is 0.394 e. The minimum absolute atomic E-state index is 0.0443. The van der Waals surface area contributed by atoms with Crippen LogP contribution in [-0.2, 0) is 32.2 Å². The molecule has 0 saturated carbocycles. The molecular weight excluding hydrogens is 474 g/mol. The van der Waals surface area contributed by atoms with Crippen LogP contribution >= 0.6 is 0 Å². The first-order valence-corrected chi connectivity index (χ1v) is 12.3. The third-order valence-electron chi connectivity index (χ3n) is 6.47.